The maximum atomic E-state index is 13.0. The Kier molecular flexibility index (Phi) is 7.36. The van der Waals surface area contributed by atoms with Gasteiger partial charge in [-0.05, 0) is 23.3 Å². The van der Waals surface area contributed by atoms with Crippen LogP contribution in [0.5, 0.6) is 0 Å². The number of carbonyl (C=O) groups is 1. The van der Waals surface area contributed by atoms with Crippen LogP contribution in [0.4, 0.5) is 5.82 Å². The predicted octanol–water partition coefficient (Wildman–Crippen LogP) is 4.49. The van der Waals surface area contributed by atoms with Crippen LogP contribution >= 0.6 is 11.6 Å². The van der Waals surface area contributed by atoms with Crippen molar-refractivity contribution in [3.63, 3.8) is 0 Å². The van der Waals surface area contributed by atoms with E-state index in [-0.39, 0.29) is 17.5 Å². The van der Waals surface area contributed by atoms with E-state index in [1.807, 2.05) is 18.2 Å². The van der Waals surface area contributed by atoms with Crippen molar-refractivity contribution in [2.45, 2.75) is 6.04 Å². The van der Waals surface area contributed by atoms with E-state index in [0.717, 1.165) is 0 Å². The quantitative estimate of drug-likeness (QED) is 0.436. The number of piperazine rings is 1. The number of hydrogen-bond donors (Lipinski definition) is 1. The predicted molar refractivity (Wildman–Crippen MR) is 129 cm³/mol. The Hall–Kier alpha value is -3.66. The van der Waals surface area contributed by atoms with Crippen molar-refractivity contribution >= 4 is 23.3 Å². The molecule has 33 heavy (non-hydrogen) atoms. The molecule has 1 amide bonds. The van der Waals surface area contributed by atoms with Crippen LogP contribution in [-0.2, 0) is 4.79 Å². The van der Waals surface area contributed by atoms with E-state index in [0.29, 0.717) is 37.0 Å². The first-order chi connectivity index (χ1) is 16.2. The van der Waals surface area contributed by atoms with Crippen molar-refractivity contribution in [3.8, 4) is 6.07 Å². The van der Waals surface area contributed by atoms with Gasteiger partial charge in [-0.25, -0.2) is 4.98 Å². The minimum atomic E-state index is -0.289. The molecule has 7 heteroatoms. The van der Waals surface area contributed by atoms with Crippen LogP contribution in [0.25, 0.3) is 0 Å². The van der Waals surface area contributed by atoms with Crippen LogP contribution in [0, 0.1) is 11.3 Å². The summed E-state index contributed by atoms with van der Waals surface area (Å²) in [5, 5.41) is 12.9. The second kappa shape index (κ2) is 10.8. The normalized spacial score (nSPS) is 14.7. The van der Waals surface area contributed by atoms with Gasteiger partial charge < -0.3 is 10.2 Å². The zero-order chi connectivity index (χ0) is 23.0. The number of nitrogens with one attached hydrogen (secondary N) is 1. The molecule has 4 rings (SSSR count). The number of nitrogens with zero attached hydrogens (tertiary/aromatic N) is 4. The lowest BCUT2D eigenvalue weighted by Crippen LogP contribution is -2.50. The molecule has 166 valence electrons. The summed E-state index contributed by atoms with van der Waals surface area (Å²) in [4.78, 5) is 21.2. The van der Waals surface area contributed by atoms with Crippen LogP contribution < -0.4 is 5.32 Å². The smallest absolute Gasteiger partial charge is 0.266 e. The molecule has 0 bridgehead atoms. The maximum Gasteiger partial charge on any atom is 0.266 e. The zero-order valence-corrected chi connectivity index (χ0v) is 18.8. The van der Waals surface area contributed by atoms with Crippen molar-refractivity contribution in [2.75, 3.05) is 31.5 Å². The average Bonchev–Trinajstić information content (AvgIpc) is 2.86. The number of benzene rings is 2. The highest BCUT2D eigenvalue weighted by Gasteiger charge is 2.29. The second-order valence-corrected chi connectivity index (χ2v) is 8.16. The highest BCUT2D eigenvalue weighted by atomic mass is 35.5. The van der Waals surface area contributed by atoms with Gasteiger partial charge in [0.15, 0.2) is 0 Å². The Morgan fingerprint density at radius 3 is 2.15 bits per heavy atom. The molecule has 0 unspecified atom stereocenters. The molecule has 1 fully saturated rings. The number of rotatable bonds is 6. The lowest BCUT2D eigenvalue weighted by Gasteiger charge is -2.39. The van der Waals surface area contributed by atoms with Gasteiger partial charge >= 0.3 is 0 Å². The second-order valence-electron chi connectivity index (χ2n) is 7.73. The lowest BCUT2D eigenvalue weighted by molar-refractivity contribution is -0.128. The Balaban J connectivity index is 1.45. The molecule has 3 aromatic rings. The fourth-order valence-electron chi connectivity index (χ4n) is 4.01. The largest absolute Gasteiger partial charge is 0.345 e. The van der Waals surface area contributed by atoms with Crippen molar-refractivity contribution in [1.82, 2.24) is 14.8 Å². The number of aromatic nitrogens is 1. The Bertz CT molecular complexity index is 1110. The molecular formula is C26H24ClN5O. The number of nitriles is 1. The fraction of sp³-hybridized carbons (Fsp3) is 0.192. The van der Waals surface area contributed by atoms with Crippen LogP contribution in [-0.4, -0.2) is 46.9 Å². The fourth-order valence-corrected chi connectivity index (χ4v) is 4.17. The number of anilines is 1. The highest BCUT2D eigenvalue weighted by Crippen LogP contribution is 2.29. The van der Waals surface area contributed by atoms with Crippen molar-refractivity contribution in [3.05, 3.63) is 107 Å². The number of pyridine rings is 1. The molecular weight excluding hydrogens is 434 g/mol. The summed E-state index contributed by atoms with van der Waals surface area (Å²) in [7, 11) is 0. The van der Waals surface area contributed by atoms with Gasteiger partial charge in [-0.2, -0.15) is 5.26 Å². The van der Waals surface area contributed by atoms with Gasteiger partial charge in [0.1, 0.15) is 17.5 Å². The van der Waals surface area contributed by atoms with Crippen LogP contribution in [0.3, 0.4) is 0 Å². The first-order valence-corrected chi connectivity index (χ1v) is 11.1. The first kappa shape index (κ1) is 22.5. The third-order valence-electron chi connectivity index (χ3n) is 5.63. The summed E-state index contributed by atoms with van der Waals surface area (Å²) < 4.78 is 0. The Morgan fingerprint density at radius 2 is 1.61 bits per heavy atom. The number of carbonyl (C=O) groups excluding carboxylic acids is 1. The van der Waals surface area contributed by atoms with E-state index >= 15 is 0 Å². The van der Waals surface area contributed by atoms with Crippen LogP contribution in [0.2, 0.25) is 5.02 Å². The zero-order valence-electron chi connectivity index (χ0n) is 18.1. The van der Waals surface area contributed by atoms with E-state index in [1.165, 1.54) is 17.3 Å². The third kappa shape index (κ3) is 5.58. The number of amides is 1. The van der Waals surface area contributed by atoms with Crippen LogP contribution in [0.1, 0.15) is 17.2 Å². The first-order valence-electron chi connectivity index (χ1n) is 10.8. The van der Waals surface area contributed by atoms with Crippen molar-refractivity contribution in [1.29, 1.82) is 5.26 Å². The minimum Gasteiger partial charge on any atom is -0.345 e. The summed E-state index contributed by atoms with van der Waals surface area (Å²) in [6.45, 7) is 2.51. The van der Waals surface area contributed by atoms with E-state index in [4.69, 9.17) is 11.6 Å². The molecule has 0 atom stereocenters. The standard InChI is InChI=1S/C26H24ClN5O/c27-23-11-12-29-24(17-23)30-19-22(18-28)26(33)32-15-13-31(14-16-32)25(20-7-3-1-4-8-20)21-9-5-2-6-10-21/h1-12,17,19,25H,13-16H2,(H,29,30)/b22-19-. The molecule has 0 aliphatic carbocycles. The number of halogens is 1. The van der Waals surface area contributed by atoms with E-state index in [2.05, 4.69) is 63.7 Å². The van der Waals surface area contributed by atoms with Gasteiger partial charge in [0.05, 0.1) is 6.04 Å². The molecule has 1 N–H and O–H groups in total. The molecule has 1 aliphatic rings. The molecule has 2 aromatic carbocycles. The van der Waals surface area contributed by atoms with E-state index in [1.54, 1.807) is 23.2 Å². The molecule has 0 saturated carbocycles. The Morgan fingerprint density at radius 1 is 1.00 bits per heavy atom. The van der Waals surface area contributed by atoms with E-state index < -0.39 is 0 Å². The summed E-state index contributed by atoms with van der Waals surface area (Å²) in [5.41, 5.74) is 2.48. The van der Waals surface area contributed by atoms with E-state index in [9.17, 15) is 10.1 Å². The van der Waals surface area contributed by atoms with Gasteiger partial charge in [0, 0.05) is 43.6 Å². The van der Waals surface area contributed by atoms with Crippen molar-refractivity contribution < 1.29 is 4.79 Å². The van der Waals surface area contributed by atoms with Gasteiger partial charge in [0.2, 0.25) is 0 Å². The summed E-state index contributed by atoms with van der Waals surface area (Å²) in [6, 6.07) is 26.2. The summed E-state index contributed by atoms with van der Waals surface area (Å²) in [6.07, 6.45) is 2.95. The topological polar surface area (TPSA) is 72.3 Å². The summed E-state index contributed by atoms with van der Waals surface area (Å²) in [5.74, 6) is 0.184. The molecule has 1 saturated heterocycles. The summed E-state index contributed by atoms with van der Waals surface area (Å²) >= 11 is 5.96. The van der Waals surface area contributed by atoms with Gasteiger partial charge in [0.25, 0.3) is 5.91 Å². The average molecular weight is 458 g/mol. The molecule has 1 aromatic heterocycles. The Labute approximate surface area is 198 Å². The molecule has 0 radical (unpaired) electrons. The van der Waals surface area contributed by atoms with Crippen LogP contribution in [0.15, 0.2) is 90.8 Å². The third-order valence-corrected chi connectivity index (χ3v) is 5.87. The monoisotopic (exact) mass is 457 g/mol. The molecule has 6 nitrogen and oxygen atoms in total. The van der Waals surface area contributed by atoms with Gasteiger partial charge in [-0.1, -0.05) is 72.3 Å². The highest BCUT2D eigenvalue weighted by molar-refractivity contribution is 6.30. The number of hydrogen-bond acceptors (Lipinski definition) is 5. The molecule has 0 spiro atoms. The van der Waals surface area contributed by atoms with Gasteiger partial charge in [-0.3, -0.25) is 9.69 Å². The molecule has 1 aliphatic heterocycles. The lowest BCUT2D eigenvalue weighted by atomic mass is 9.96. The SMILES string of the molecule is N#C/C(=C/Nc1cc(Cl)ccn1)C(=O)N1CCN(C(c2ccccc2)c2ccccc2)CC1. The van der Waals surface area contributed by atoms with Gasteiger partial charge in [-0.15, -0.1) is 0 Å². The minimum absolute atomic E-state index is 0.0351. The molecule has 2 heterocycles. The maximum absolute atomic E-state index is 13.0. The van der Waals surface area contributed by atoms with Crippen molar-refractivity contribution in [2.24, 2.45) is 0 Å².